The highest BCUT2D eigenvalue weighted by atomic mass is 19.4. The molecule has 3 heterocycles. The van der Waals surface area contributed by atoms with Crippen molar-refractivity contribution >= 4 is 23.4 Å². The van der Waals surface area contributed by atoms with E-state index in [0.717, 1.165) is 43.3 Å². The Morgan fingerprint density at radius 2 is 1.78 bits per heavy atom. The molecule has 49 heavy (non-hydrogen) atoms. The lowest BCUT2D eigenvalue weighted by Gasteiger charge is -2.35. The molecule has 2 aromatic heterocycles. The van der Waals surface area contributed by atoms with E-state index in [1.165, 1.54) is 19.4 Å². The Kier molecular flexibility index (Phi) is 12.0. The molecule has 5 rings (SSSR count). The van der Waals surface area contributed by atoms with Gasteiger partial charge in [-0.05, 0) is 86.3 Å². The van der Waals surface area contributed by atoms with Gasteiger partial charge in [0.25, 0.3) is 5.91 Å². The predicted octanol–water partition coefficient (Wildman–Crippen LogP) is 6.45. The molecule has 0 spiro atoms. The monoisotopic (exact) mass is 684 g/mol. The number of carbonyl (C=O) groups is 2. The zero-order chi connectivity index (χ0) is 35.0. The normalized spacial score (nSPS) is 16.5. The summed E-state index contributed by atoms with van der Waals surface area (Å²) >= 11 is 0. The molecule has 1 saturated carbocycles. The molecule has 2 fully saturated rings. The topological polar surface area (TPSA) is 103 Å². The van der Waals surface area contributed by atoms with E-state index in [1.54, 1.807) is 43.5 Å². The van der Waals surface area contributed by atoms with Crippen molar-refractivity contribution in [3.63, 3.8) is 0 Å². The van der Waals surface area contributed by atoms with Gasteiger partial charge in [0.15, 0.2) is 6.10 Å². The van der Waals surface area contributed by atoms with Gasteiger partial charge in [0.2, 0.25) is 5.88 Å². The van der Waals surface area contributed by atoms with E-state index in [2.05, 4.69) is 14.9 Å². The van der Waals surface area contributed by atoms with Gasteiger partial charge in [-0.25, -0.2) is 9.97 Å². The molecule has 2 atom stereocenters. The van der Waals surface area contributed by atoms with Crippen molar-refractivity contribution in [2.45, 2.75) is 57.2 Å². The van der Waals surface area contributed by atoms with Crippen molar-refractivity contribution < 1.29 is 41.7 Å². The number of piperidine rings is 1. The highest BCUT2D eigenvalue weighted by molar-refractivity contribution is 6.09. The number of aromatic nitrogens is 2. The quantitative estimate of drug-likeness (QED) is 0.167. The number of pyridine rings is 2. The van der Waals surface area contributed by atoms with E-state index < -0.39 is 24.7 Å². The maximum absolute atomic E-state index is 14.1. The zero-order valence-corrected chi connectivity index (χ0v) is 28.0. The van der Waals surface area contributed by atoms with Crippen LogP contribution >= 0.6 is 0 Å². The molecule has 13 heteroatoms. The second-order valence-electron chi connectivity index (χ2n) is 12.4. The van der Waals surface area contributed by atoms with Crippen LogP contribution in [0.3, 0.4) is 0 Å². The first-order valence-corrected chi connectivity index (χ1v) is 16.6. The van der Waals surface area contributed by atoms with Crippen molar-refractivity contribution in [1.82, 2.24) is 9.97 Å². The summed E-state index contributed by atoms with van der Waals surface area (Å²) < 4.78 is 62.8. The summed E-state index contributed by atoms with van der Waals surface area (Å²) in [5, 5.41) is 0. The molecule has 264 valence electrons. The van der Waals surface area contributed by atoms with E-state index in [4.69, 9.17) is 18.9 Å². The third kappa shape index (κ3) is 9.40. The van der Waals surface area contributed by atoms with Crippen molar-refractivity contribution in [2.75, 3.05) is 56.9 Å². The maximum atomic E-state index is 14.1. The molecule has 3 aromatic rings. The Hall–Kier alpha value is -4.39. The fraction of sp³-hybridized carbons (Fsp3) is 0.500. The summed E-state index contributed by atoms with van der Waals surface area (Å²) in [7, 11) is 2.49. The molecule has 2 aliphatic rings. The van der Waals surface area contributed by atoms with E-state index >= 15 is 0 Å². The summed E-state index contributed by atoms with van der Waals surface area (Å²) in [6, 6.07) is 13.5. The smallest absolute Gasteiger partial charge is 0.416 e. The van der Waals surface area contributed by atoms with Gasteiger partial charge >= 0.3 is 12.1 Å². The second kappa shape index (κ2) is 16.3. The fourth-order valence-corrected chi connectivity index (χ4v) is 6.23. The van der Waals surface area contributed by atoms with Gasteiger partial charge in [-0.3, -0.25) is 14.5 Å². The highest BCUT2D eigenvalue weighted by Gasteiger charge is 2.43. The highest BCUT2D eigenvalue weighted by Crippen LogP contribution is 2.45. The summed E-state index contributed by atoms with van der Waals surface area (Å²) in [4.78, 5) is 37.9. The predicted molar refractivity (Wildman–Crippen MR) is 177 cm³/mol. The Morgan fingerprint density at radius 3 is 2.41 bits per heavy atom. The third-order valence-corrected chi connectivity index (χ3v) is 9.10. The number of hydrogen-bond donors (Lipinski definition) is 0. The fourth-order valence-electron chi connectivity index (χ4n) is 6.23. The lowest BCUT2D eigenvalue weighted by Crippen LogP contribution is -2.46. The number of carbonyl (C=O) groups excluding carboxylic acids is 2. The first kappa shape index (κ1) is 35.9. The number of methoxy groups -OCH3 is 2. The van der Waals surface area contributed by atoms with E-state index in [0.29, 0.717) is 56.0 Å². The number of amides is 1. The summed E-state index contributed by atoms with van der Waals surface area (Å²) in [6.45, 7) is 3.02. The van der Waals surface area contributed by atoms with E-state index in [1.807, 2.05) is 12.1 Å². The van der Waals surface area contributed by atoms with Gasteiger partial charge in [0, 0.05) is 44.7 Å². The number of nitrogens with zero attached hydrogens (tertiary/aromatic N) is 4. The minimum absolute atomic E-state index is 0.0786. The standard InChI is InChI=1S/C36H43F3N4O6/c1-4-48-34(44)21-29(25-8-9-25)26-12-16-41-33(19-26)49-23-24-13-17-42(18-14-24)30-20-27(46-2)10-11-28(30)35(45)43(32-7-5-6-15-40-32)22-31(47-3)36(37,38)39/h5-7,10-12,15-16,19-20,24-25,29,31H,4,8-9,13-14,17-18,21-23H2,1-3H3. The number of hydrogen-bond acceptors (Lipinski definition) is 9. The number of ether oxygens (including phenoxy) is 4. The Labute approximate surface area is 284 Å². The van der Waals surface area contributed by atoms with Crippen molar-refractivity contribution in [1.29, 1.82) is 0 Å². The lowest BCUT2D eigenvalue weighted by molar-refractivity contribution is -0.208. The van der Waals surface area contributed by atoms with Gasteiger partial charge in [-0.1, -0.05) is 6.07 Å². The van der Waals surface area contributed by atoms with Crippen LogP contribution in [0.5, 0.6) is 11.6 Å². The van der Waals surface area contributed by atoms with E-state index in [-0.39, 0.29) is 29.2 Å². The van der Waals surface area contributed by atoms with Crippen LogP contribution in [-0.4, -0.2) is 81.2 Å². The minimum Gasteiger partial charge on any atom is -0.497 e. The molecule has 1 aliphatic heterocycles. The van der Waals surface area contributed by atoms with Gasteiger partial charge < -0.3 is 23.8 Å². The largest absolute Gasteiger partial charge is 0.497 e. The van der Waals surface area contributed by atoms with Gasteiger partial charge in [-0.15, -0.1) is 0 Å². The van der Waals surface area contributed by atoms with Crippen molar-refractivity contribution in [3.8, 4) is 11.6 Å². The number of esters is 1. The zero-order valence-electron chi connectivity index (χ0n) is 28.0. The molecule has 1 saturated heterocycles. The molecule has 1 aliphatic carbocycles. The van der Waals surface area contributed by atoms with Crippen LogP contribution in [0.15, 0.2) is 60.9 Å². The maximum Gasteiger partial charge on any atom is 0.416 e. The molecule has 2 unspecified atom stereocenters. The first-order valence-electron chi connectivity index (χ1n) is 16.6. The second-order valence-corrected chi connectivity index (χ2v) is 12.4. The molecular weight excluding hydrogens is 641 g/mol. The minimum atomic E-state index is -4.69. The molecule has 1 aromatic carbocycles. The summed E-state index contributed by atoms with van der Waals surface area (Å²) in [5.41, 5.74) is 1.82. The van der Waals surface area contributed by atoms with Crippen LogP contribution in [0.4, 0.5) is 24.7 Å². The summed E-state index contributed by atoms with van der Waals surface area (Å²) in [6.07, 6.45) is 0.263. The van der Waals surface area contributed by atoms with Gasteiger partial charge in [0.1, 0.15) is 11.6 Å². The number of halogens is 3. The third-order valence-electron chi connectivity index (χ3n) is 9.10. The lowest BCUT2D eigenvalue weighted by atomic mass is 9.92. The van der Waals surface area contributed by atoms with Gasteiger partial charge in [0.05, 0.1) is 44.5 Å². The molecule has 0 radical (unpaired) electrons. The van der Waals surface area contributed by atoms with E-state index in [9.17, 15) is 22.8 Å². The molecule has 0 N–H and O–H groups in total. The SMILES string of the molecule is CCOC(=O)CC(c1ccnc(OCC2CCN(c3cc(OC)ccc3C(=O)N(CC(OC)C(F)(F)F)c3ccccn3)CC2)c1)C1CC1. The average molecular weight is 685 g/mol. The number of alkyl halides is 3. The van der Waals surface area contributed by atoms with Crippen LogP contribution < -0.4 is 19.3 Å². The number of rotatable bonds is 15. The van der Waals surface area contributed by atoms with Crippen LogP contribution in [0.25, 0.3) is 0 Å². The number of anilines is 2. The molecule has 10 nitrogen and oxygen atoms in total. The first-order chi connectivity index (χ1) is 23.6. The van der Waals surface area contributed by atoms with Crippen LogP contribution in [-0.2, 0) is 14.3 Å². The summed E-state index contributed by atoms with van der Waals surface area (Å²) in [5.74, 6) is 1.03. The Morgan fingerprint density at radius 1 is 1.00 bits per heavy atom. The van der Waals surface area contributed by atoms with Gasteiger partial charge in [-0.2, -0.15) is 13.2 Å². The van der Waals surface area contributed by atoms with Crippen LogP contribution in [0.1, 0.15) is 60.9 Å². The van der Waals surface area contributed by atoms with Crippen molar-refractivity contribution in [3.05, 3.63) is 72.1 Å². The van der Waals surface area contributed by atoms with Crippen molar-refractivity contribution in [2.24, 2.45) is 11.8 Å². The Bertz CT molecular complexity index is 1550. The van der Waals surface area contributed by atoms with Crippen LogP contribution in [0, 0.1) is 11.8 Å². The average Bonchev–Trinajstić information content (AvgIpc) is 3.96. The number of benzene rings is 1. The Balaban J connectivity index is 1.27. The van der Waals surface area contributed by atoms with Crippen LogP contribution in [0.2, 0.25) is 0 Å². The molecule has 0 bridgehead atoms. The molecule has 1 amide bonds. The molecular formula is C36H43F3N4O6.